The predicted molar refractivity (Wildman–Crippen MR) is 105 cm³/mol. The zero-order valence-corrected chi connectivity index (χ0v) is 16.2. The first-order valence-electron chi connectivity index (χ1n) is 11.0. The lowest BCUT2D eigenvalue weighted by molar-refractivity contribution is 0.212. The molecule has 0 saturated heterocycles. The van der Waals surface area contributed by atoms with Gasteiger partial charge in [-0.15, -0.1) is 0 Å². The number of hydrogen-bond acceptors (Lipinski definition) is 0. The number of rotatable bonds is 7. The van der Waals surface area contributed by atoms with Gasteiger partial charge in [0.25, 0.3) is 0 Å². The Kier molecular flexibility index (Phi) is 7.37. The summed E-state index contributed by atoms with van der Waals surface area (Å²) in [6, 6.07) is 7.10. The highest BCUT2D eigenvalue weighted by Crippen LogP contribution is 2.38. The van der Waals surface area contributed by atoms with Gasteiger partial charge in [-0.2, -0.15) is 0 Å². The maximum Gasteiger partial charge on any atom is 0.123 e. The van der Waals surface area contributed by atoms with Gasteiger partial charge in [-0.1, -0.05) is 89.7 Å². The second-order valence-corrected chi connectivity index (χ2v) is 8.92. The van der Waals surface area contributed by atoms with Crippen molar-refractivity contribution in [3.8, 4) is 0 Å². The molecule has 0 radical (unpaired) electrons. The Labute approximate surface area is 154 Å². The van der Waals surface area contributed by atoms with Crippen molar-refractivity contribution in [3.63, 3.8) is 0 Å². The van der Waals surface area contributed by atoms with E-state index in [2.05, 4.69) is 6.92 Å². The van der Waals surface area contributed by atoms with E-state index in [0.29, 0.717) is 0 Å². The van der Waals surface area contributed by atoms with Gasteiger partial charge >= 0.3 is 0 Å². The lowest BCUT2D eigenvalue weighted by Gasteiger charge is -2.32. The summed E-state index contributed by atoms with van der Waals surface area (Å²) < 4.78 is 13.0. The fraction of sp³-hybridized carbons (Fsp3) is 0.750. The number of halogens is 1. The quantitative estimate of drug-likeness (QED) is 0.478. The Morgan fingerprint density at radius 3 is 1.60 bits per heavy atom. The van der Waals surface area contributed by atoms with Crippen LogP contribution in [0, 0.1) is 29.5 Å². The molecule has 0 aromatic heterocycles. The topological polar surface area (TPSA) is 0 Å². The Hall–Kier alpha value is -0.850. The van der Waals surface area contributed by atoms with Gasteiger partial charge in [0.15, 0.2) is 0 Å². The van der Waals surface area contributed by atoms with Crippen LogP contribution in [0.5, 0.6) is 0 Å². The van der Waals surface area contributed by atoms with Crippen LogP contribution in [0.3, 0.4) is 0 Å². The van der Waals surface area contributed by atoms with Crippen LogP contribution in [0.4, 0.5) is 4.39 Å². The molecule has 0 nitrogen and oxygen atoms in total. The third-order valence-corrected chi connectivity index (χ3v) is 7.25. The summed E-state index contributed by atoms with van der Waals surface area (Å²) >= 11 is 0. The molecular formula is C24H37F. The second-order valence-electron chi connectivity index (χ2n) is 8.92. The minimum atomic E-state index is -0.118. The summed E-state index contributed by atoms with van der Waals surface area (Å²) in [6.07, 6.45) is 18.6. The number of hydrogen-bond donors (Lipinski definition) is 0. The average molecular weight is 345 g/mol. The van der Waals surface area contributed by atoms with Gasteiger partial charge in [-0.25, -0.2) is 4.39 Å². The van der Waals surface area contributed by atoms with Crippen LogP contribution in [-0.2, 0) is 6.42 Å². The largest absolute Gasteiger partial charge is 0.207 e. The second kappa shape index (κ2) is 9.74. The number of aryl methyl sites for hydroxylation is 1. The van der Waals surface area contributed by atoms with E-state index >= 15 is 0 Å². The summed E-state index contributed by atoms with van der Waals surface area (Å²) in [5.41, 5.74) is 1.30. The first-order valence-corrected chi connectivity index (χ1v) is 11.0. The smallest absolute Gasteiger partial charge is 0.123 e. The molecule has 0 spiro atoms. The average Bonchev–Trinajstić information content (AvgIpc) is 2.67. The third-order valence-electron chi connectivity index (χ3n) is 7.25. The molecule has 0 atom stereocenters. The van der Waals surface area contributed by atoms with E-state index in [1.807, 2.05) is 12.1 Å². The molecular weight excluding hydrogens is 307 g/mol. The minimum absolute atomic E-state index is 0.118. The molecule has 2 fully saturated rings. The summed E-state index contributed by atoms with van der Waals surface area (Å²) in [6.45, 7) is 2.36. The van der Waals surface area contributed by atoms with Crippen LogP contribution in [-0.4, -0.2) is 0 Å². The van der Waals surface area contributed by atoms with Gasteiger partial charge in [-0.05, 0) is 54.2 Å². The molecule has 0 unspecified atom stereocenters. The van der Waals surface area contributed by atoms with Crippen LogP contribution >= 0.6 is 0 Å². The van der Waals surface area contributed by atoms with Crippen LogP contribution in [0.2, 0.25) is 0 Å². The van der Waals surface area contributed by atoms with Gasteiger partial charge in [0.05, 0.1) is 0 Å². The zero-order valence-electron chi connectivity index (χ0n) is 16.2. The molecule has 0 heterocycles. The summed E-state index contributed by atoms with van der Waals surface area (Å²) in [7, 11) is 0. The van der Waals surface area contributed by atoms with Gasteiger partial charge in [-0.3, -0.25) is 0 Å². The molecule has 0 bridgehead atoms. The Morgan fingerprint density at radius 1 is 0.680 bits per heavy atom. The molecule has 0 aliphatic heterocycles. The lowest BCUT2D eigenvalue weighted by Crippen LogP contribution is -2.18. The first kappa shape index (κ1) is 18.9. The molecule has 2 aliphatic rings. The molecule has 2 aliphatic carbocycles. The highest BCUT2D eigenvalue weighted by molar-refractivity contribution is 5.16. The van der Waals surface area contributed by atoms with E-state index in [1.54, 1.807) is 12.1 Å². The van der Waals surface area contributed by atoms with E-state index < -0.39 is 0 Å². The van der Waals surface area contributed by atoms with Gasteiger partial charge < -0.3 is 0 Å². The Morgan fingerprint density at radius 2 is 1.12 bits per heavy atom. The lowest BCUT2D eigenvalue weighted by atomic mass is 9.74. The van der Waals surface area contributed by atoms with E-state index in [9.17, 15) is 4.39 Å². The van der Waals surface area contributed by atoms with Crippen LogP contribution in [0.15, 0.2) is 24.3 Å². The molecule has 140 valence electrons. The van der Waals surface area contributed by atoms with Crippen molar-refractivity contribution in [2.45, 2.75) is 90.4 Å². The fourth-order valence-corrected chi connectivity index (χ4v) is 5.23. The molecule has 1 heteroatoms. The zero-order chi connectivity index (χ0) is 17.5. The van der Waals surface area contributed by atoms with Crippen molar-refractivity contribution in [2.75, 3.05) is 0 Å². The third kappa shape index (κ3) is 6.12. The van der Waals surface area contributed by atoms with Crippen molar-refractivity contribution >= 4 is 0 Å². The van der Waals surface area contributed by atoms with Crippen molar-refractivity contribution in [2.24, 2.45) is 23.7 Å². The standard InChI is InChI=1S/C24H37F/c1-2-19-3-5-20(6-4-19)7-8-21-9-11-22(12-10-21)13-14-23-15-17-24(25)18-16-23/h15-22H,2-14H2,1H3/t19-,20-,21-,22-. The maximum absolute atomic E-state index is 13.0. The highest BCUT2D eigenvalue weighted by Gasteiger charge is 2.24. The minimum Gasteiger partial charge on any atom is -0.207 e. The summed E-state index contributed by atoms with van der Waals surface area (Å²) in [5.74, 6) is 3.87. The van der Waals surface area contributed by atoms with E-state index in [0.717, 1.165) is 30.1 Å². The maximum atomic E-state index is 13.0. The van der Waals surface area contributed by atoms with E-state index in [1.165, 1.54) is 82.6 Å². The van der Waals surface area contributed by atoms with Crippen molar-refractivity contribution in [1.29, 1.82) is 0 Å². The molecule has 25 heavy (non-hydrogen) atoms. The molecule has 0 amide bonds. The highest BCUT2D eigenvalue weighted by atomic mass is 19.1. The predicted octanol–water partition coefficient (Wildman–Crippen LogP) is 7.56. The molecule has 1 aromatic carbocycles. The van der Waals surface area contributed by atoms with Crippen LogP contribution in [0.1, 0.15) is 89.5 Å². The van der Waals surface area contributed by atoms with E-state index in [-0.39, 0.29) is 5.82 Å². The van der Waals surface area contributed by atoms with Crippen molar-refractivity contribution in [1.82, 2.24) is 0 Å². The monoisotopic (exact) mass is 344 g/mol. The van der Waals surface area contributed by atoms with E-state index in [4.69, 9.17) is 0 Å². The molecule has 2 saturated carbocycles. The Bertz CT molecular complexity index is 475. The SMILES string of the molecule is CC[C@H]1CC[C@H](CC[C@H]2CC[C@H](CCc3ccc(F)cc3)CC2)CC1. The fourth-order valence-electron chi connectivity index (χ4n) is 5.23. The van der Waals surface area contributed by atoms with Gasteiger partial charge in [0.1, 0.15) is 5.82 Å². The van der Waals surface area contributed by atoms with Gasteiger partial charge in [0.2, 0.25) is 0 Å². The molecule has 0 N–H and O–H groups in total. The Balaban J connectivity index is 1.29. The molecule has 1 aromatic rings. The molecule has 3 rings (SSSR count). The summed E-state index contributed by atoms with van der Waals surface area (Å²) in [4.78, 5) is 0. The first-order chi connectivity index (χ1) is 12.2. The summed E-state index contributed by atoms with van der Waals surface area (Å²) in [5, 5.41) is 0. The normalized spacial score (nSPS) is 30.3. The van der Waals surface area contributed by atoms with Crippen LogP contribution < -0.4 is 0 Å². The van der Waals surface area contributed by atoms with Crippen molar-refractivity contribution in [3.05, 3.63) is 35.6 Å². The van der Waals surface area contributed by atoms with Gasteiger partial charge in [0, 0.05) is 0 Å². The van der Waals surface area contributed by atoms with Crippen molar-refractivity contribution < 1.29 is 4.39 Å². The van der Waals surface area contributed by atoms with Crippen LogP contribution in [0.25, 0.3) is 0 Å². The number of benzene rings is 1.